The highest BCUT2D eigenvalue weighted by Crippen LogP contribution is 2.33. The summed E-state index contributed by atoms with van der Waals surface area (Å²) in [6, 6.07) is 4.88. The molecule has 0 bridgehead atoms. The Morgan fingerprint density at radius 3 is 1.94 bits per heavy atom. The summed E-state index contributed by atoms with van der Waals surface area (Å²) in [5, 5.41) is 3.65. The van der Waals surface area contributed by atoms with Gasteiger partial charge in [0.05, 0.1) is 5.69 Å². The van der Waals surface area contributed by atoms with Gasteiger partial charge in [0.2, 0.25) is 0 Å². The molecule has 0 saturated heterocycles. The molecule has 0 heterocycles. The molecule has 1 aromatic carbocycles. The van der Waals surface area contributed by atoms with Crippen LogP contribution in [0.2, 0.25) is 0 Å². The Bertz CT molecular complexity index is 334. The zero-order chi connectivity index (χ0) is 12.8. The van der Waals surface area contributed by atoms with Crippen LogP contribution in [0.3, 0.4) is 0 Å². The first kappa shape index (κ1) is 15.0. The highest BCUT2D eigenvalue weighted by molar-refractivity contribution is 9.11. The second-order valence-corrected chi connectivity index (χ2v) is 6.23. The Morgan fingerprint density at radius 1 is 1.06 bits per heavy atom. The lowest BCUT2D eigenvalue weighted by atomic mass is 10.1. The van der Waals surface area contributed by atoms with E-state index >= 15 is 0 Å². The summed E-state index contributed by atoms with van der Waals surface area (Å²) in [5.41, 5.74) is 2.44. The minimum absolute atomic E-state index is 0.570. The number of nitrogens with one attached hydrogen (secondary N) is 1. The molecule has 1 aromatic rings. The molecule has 1 rings (SSSR count). The van der Waals surface area contributed by atoms with Crippen molar-refractivity contribution >= 4 is 37.5 Å². The van der Waals surface area contributed by atoms with Crippen molar-refractivity contribution in [3.8, 4) is 0 Å². The van der Waals surface area contributed by atoms with Gasteiger partial charge in [-0.3, -0.25) is 0 Å². The molecule has 0 fully saturated rings. The standard InChI is InChI=1S/C14H21Br2N/c1-4-6-11(7-5-2)17-14-12(15)8-10(3)9-13(14)16/h8-9,11,17H,4-7H2,1-3H3. The molecule has 0 atom stereocenters. The van der Waals surface area contributed by atoms with Crippen molar-refractivity contribution in [1.29, 1.82) is 0 Å². The Balaban J connectivity index is 2.84. The molecule has 0 radical (unpaired) electrons. The number of anilines is 1. The first-order valence-electron chi connectivity index (χ1n) is 6.30. The molecule has 0 aliphatic heterocycles. The smallest absolute Gasteiger partial charge is 0.0631 e. The summed E-state index contributed by atoms with van der Waals surface area (Å²) >= 11 is 7.27. The van der Waals surface area contributed by atoms with Gasteiger partial charge >= 0.3 is 0 Å². The van der Waals surface area contributed by atoms with Gasteiger partial charge in [0.15, 0.2) is 0 Å². The number of benzene rings is 1. The van der Waals surface area contributed by atoms with E-state index in [9.17, 15) is 0 Å². The first-order valence-corrected chi connectivity index (χ1v) is 7.89. The van der Waals surface area contributed by atoms with Crippen molar-refractivity contribution in [1.82, 2.24) is 0 Å². The molecule has 0 aliphatic rings. The number of rotatable bonds is 6. The quantitative estimate of drug-likeness (QED) is 0.664. The molecule has 0 saturated carbocycles. The highest BCUT2D eigenvalue weighted by Gasteiger charge is 2.11. The number of aryl methyl sites for hydroxylation is 1. The van der Waals surface area contributed by atoms with E-state index in [1.165, 1.54) is 36.9 Å². The molecule has 0 spiro atoms. The van der Waals surface area contributed by atoms with E-state index in [4.69, 9.17) is 0 Å². The van der Waals surface area contributed by atoms with Crippen molar-refractivity contribution in [3.05, 3.63) is 26.6 Å². The monoisotopic (exact) mass is 361 g/mol. The maximum Gasteiger partial charge on any atom is 0.0631 e. The number of hydrogen-bond donors (Lipinski definition) is 1. The van der Waals surface area contributed by atoms with E-state index in [0.29, 0.717) is 6.04 Å². The molecular formula is C14H21Br2N. The van der Waals surface area contributed by atoms with Crippen molar-refractivity contribution in [3.63, 3.8) is 0 Å². The van der Waals surface area contributed by atoms with Crippen LogP contribution in [0.15, 0.2) is 21.1 Å². The second kappa shape index (κ2) is 7.42. The molecule has 0 unspecified atom stereocenters. The Labute approximate surface area is 122 Å². The third-order valence-corrected chi connectivity index (χ3v) is 4.06. The van der Waals surface area contributed by atoms with Crippen LogP contribution in [0.25, 0.3) is 0 Å². The lowest BCUT2D eigenvalue weighted by molar-refractivity contribution is 0.586. The fourth-order valence-electron chi connectivity index (χ4n) is 2.03. The molecular weight excluding hydrogens is 342 g/mol. The maximum atomic E-state index is 3.65. The number of hydrogen-bond acceptors (Lipinski definition) is 1. The highest BCUT2D eigenvalue weighted by atomic mass is 79.9. The van der Waals surface area contributed by atoms with Crippen LogP contribution >= 0.6 is 31.9 Å². The Hall–Kier alpha value is -0.0200. The van der Waals surface area contributed by atoms with Crippen LogP contribution in [0.1, 0.15) is 45.1 Å². The minimum Gasteiger partial charge on any atom is -0.380 e. The van der Waals surface area contributed by atoms with E-state index in [1.54, 1.807) is 0 Å². The van der Waals surface area contributed by atoms with Crippen molar-refractivity contribution in [2.45, 2.75) is 52.5 Å². The van der Waals surface area contributed by atoms with Crippen molar-refractivity contribution < 1.29 is 0 Å². The van der Waals surface area contributed by atoms with Crippen LogP contribution in [-0.4, -0.2) is 6.04 Å². The van der Waals surface area contributed by atoms with Gasteiger partial charge in [-0.05, 0) is 69.3 Å². The molecule has 0 aromatic heterocycles. The first-order chi connectivity index (χ1) is 8.08. The summed E-state index contributed by atoms with van der Waals surface area (Å²) < 4.78 is 2.28. The predicted molar refractivity (Wildman–Crippen MR) is 83.8 cm³/mol. The molecule has 1 N–H and O–H groups in total. The van der Waals surface area contributed by atoms with E-state index in [-0.39, 0.29) is 0 Å². The van der Waals surface area contributed by atoms with Crippen LogP contribution in [-0.2, 0) is 0 Å². The van der Waals surface area contributed by atoms with Gasteiger partial charge in [-0.2, -0.15) is 0 Å². The SMILES string of the molecule is CCCC(CCC)Nc1c(Br)cc(C)cc1Br. The van der Waals surface area contributed by atoms with Crippen molar-refractivity contribution in [2.24, 2.45) is 0 Å². The van der Waals surface area contributed by atoms with Gasteiger partial charge in [-0.25, -0.2) is 0 Å². The zero-order valence-corrected chi connectivity index (χ0v) is 14.0. The molecule has 17 heavy (non-hydrogen) atoms. The molecule has 3 heteroatoms. The topological polar surface area (TPSA) is 12.0 Å². The average molecular weight is 363 g/mol. The molecule has 96 valence electrons. The summed E-state index contributed by atoms with van der Waals surface area (Å²) in [4.78, 5) is 0. The summed E-state index contributed by atoms with van der Waals surface area (Å²) in [6.45, 7) is 6.59. The second-order valence-electron chi connectivity index (χ2n) is 4.52. The van der Waals surface area contributed by atoms with Gasteiger partial charge in [0, 0.05) is 15.0 Å². The zero-order valence-electron chi connectivity index (χ0n) is 10.8. The Morgan fingerprint density at radius 2 is 1.53 bits per heavy atom. The van der Waals surface area contributed by atoms with Crippen LogP contribution < -0.4 is 5.32 Å². The summed E-state index contributed by atoms with van der Waals surface area (Å²) in [6.07, 6.45) is 4.89. The third kappa shape index (κ3) is 4.63. The van der Waals surface area contributed by atoms with E-state index < -0.39 is 0 Å². The summed E-state index contributed by atoms with van der Waals surface area (Å²) in [7, 11) is 0. The minimum atomic E-state index is 0.570. The fourth-order valence-corrected chi connectivity index (χ4v) is 3.67. The maximum absolute atomic E-state index is 3.65. The van der Waals surface area contributed by atoms with E-state index in [2.05, 4.69) is 70.1 Å². The predicted octanol–water partition coefficient (Wildman–Crippen LogP) is 5.90. The molecule has 1 nitrogen and oxygen atoms in total. The van der Waals surface area contributed by atoms with Crippen LogP contribution in [0.4, 0.5) is 5.69 Å². The van der Waals surface area contributed by atoms with Gasteiger partial charge in [-0.15, -0.1) is 0 Å². The van der Waals surface area contributed by atoms with Crippen LogP contribution in [0.5, 0.6) is 0 Å². The summed E-state index contributed by atoms with van der Waals surface area (Å²) in [5.74, 6) is 0. The average Bonchev–Trinajstić information content (AvgIpc) is 2.23. The molecule has 0 aliphatic carbocycles. The van der Waals surface area contributed by atoms with Gasteiger partial charge in [0.1, 0.15) is 0 Å². The Kier molecular flexibility index (Phi) is 6.57. The lowest BCUT2D eigenvalue weighted by Crippen LogP contribution is -2.19. The number of halogens is 2. The fraction of sp³-hybridized carbons (Fsp3) is 0.571. The molecule has 0 amide bonds. The lowest BCUT2D eigenvalue weighted by Gasteiger charge is -2.21. The van der Waals surface area contributed by atoms with Crippen LogP contribution in [0, 0.1) is 6.92 Å². The largest absolute Gasteiger partial charge is 0.380 e. The van der Waals surface area contributed by atoms with Gasteiger partial charge < -0.3 is 5.32 Å². The normalized spacial score (nSPS) is 10.9. The van der Waals surface area contributed by atoms with E-state index in [0.717, 1.165) is 8.95 Å². The van der Waals surface area contributed by atoms with E-state index in [1.807, 2.05) is 0 Å². The third-order valence-electron chi connectivity index (χ3n) is 2.81. The van der Waals surface area contributed by atoms with Gasteiger partial charge in [-0.1, -0.05) is 26.7 Å². The van der Waals surface area contributed by atoms with Gasteiger partial charge in [0.25, 0.3) is 0 Å². The van der Waals surface area contributed by atoms with Crippen molar-refractivity contribution in [2.75, 3.05) is 5.32 Å².